The van der Waals surface area contributed by atoms with Crippen molar-refractivity contribution in [2.75, 3.05) is 20.2 Å². The van der Waals surface area contributed by atoms with Crippen LogP contribution in [0.25, 0.3) is 11.5 Å². The predicted molar refractivity (Wildman–Crippen MR) is 80.6 cm³/mol. The Balaban J connectivity index is 1.59. The Kier molecular flexibility index (Phi) is 4.52. The Labute approximate surface area is 125 Å². The van der Waals surface area contributed by atoms with Crippen LogP contribution in [0.2, 0.25) is 0 Å². The van der Waals surface area contributed by atoms with Gasteiger partial charge in [0.25, 0.3) is 0 Å². The molecule has 3 rings (SSSR count). The molecule has 1 atom stereocenters. The molecule has 1 unspecified atom stereocenters. The van der Waals surface area contributed by atoms with Crippen molar-refractivity contribution in [2.45, 2.75) is 25.5 Å². The summed E-state index contributed by atoms with van der Waals surface area (Å²) in [5.74, 6) is 0.668. The summed E-state index contributed by atoms with van der Waals surface area (Å²) in [6.07, 6.45) is 8.23. The second-order valence-electron chi connectivity index (χ2n) is 5.46. The molecule has 2 aromatic heterocycles. The third kappa shape index (κ3) is 3.83. The first-order chi connectivity index (χ1) is 10.3. The second-order valence-corrected chi connectivity index (χ2v) is 5.46. The van der Waals surface area contributed by atoms with E-state index < -0.39 is 0 Å². The fourth-order valence-electron chi connectivity index (χ4n) is 2.58. The van der Waals surface area contributed by atoms with Crippen molar-refractivity contribution < 1.29 is 4.74 Å². The minimum Gasteiger partial charge on any atom is -0.377 e. The van der Waals surface area contributed by atoms with Crippen molar-refractivity contribution in [3.05, 3.63) is 42.4 Å². The molecule has 5 heteroatoms. The van der Waals surface area contributed by atoms with Gasteiger partial charge < -0.3 is 4.74 Å². The first-order valence-corrected chi connectivity index (χ1v) is 7.34. The van der Waals surface area contributed by atoms with Gasteiger partial charge >= 0.3 is 0 Å². The average molecular weight is 284 g/mol. The van der Waals surface area contributed by atoms with Crippen LogP contribution in [0, 0.1) is 0 Å². The number of hydrogen-bond donors (Lipinski definition) is 0. The summed E-state index contributed by atoms with van der Waals surface area (Å²) in [6, 6.07) is 5.74. The Morgan fingerprint density at radius 1 is 1.24 bits per heavy atom. The molecule has 5 nitrogen and oxygen atoms in total. The van der Waals surface area contributed by atoms with Gasteiger partial charge in [-0.3, -0.25) is 9.88 Å². The number of pyridine rings is 1. The molecule has 0 aliphatic carbocycles. The zero-order chi connectivity index (χ0) is 14.5. The van der Waals surface area contributed by atoms with Crippen LogP contribution in [0.3, 0.4) is 0 Å². The molecule has 0 saturated carbocycles. The summed E-state index contributed by atoms with van der Waals surface area (Å²) in [4.78, 5) is 15.3. The van der Waals surface area contributed by atoms with Gasteiger partial charge in [0, 0.05) is 43.9 Å². The van der Waals surface area contributed by atoms with Crippen molar-refractivity contribution >= 4 is 0 Å². The SMILES string of the molecule is CN(Cc1cnc(-c2ccccn2)nc1)CC1CCCO1. The van der Waals surface area contributed by atoms with Gasteiger partial charge in [0.2, 0.25) is 0 Å². The van der Waals surface area contributed by atoms with Gasteiger partial charge in [0.15, 0.2) is 5.82 Å². The van der Waals surface area contributed by atoms with Crippen LogP contribution in [0.4, 0.5) is 0 Å². The van der Waals surface area contributed by atoms with Crippen LogP contribution in [-0.4, -0.2) is 46.2 Å². The Bertz CT molecular complexity index is 552. The maximum absolute atomic E-state index is 5.66. The van der Waals surface area contributed by atoms with Crippen molar-refractivity contribution in [2.24, 2.45) is 0 Å². The van der Waals surface area contributed by atoms with Crippen LogP contribution in [0.5, 0.6) is 0 Å². The lowest BCUT2D eigenvalue weighted by Gasteiger charge is -2.20. The Hall–Kier alpha value is -1.85. The van der Waals surface area contributed by atoms with Gasteiger partial charge in [-0.05, 0) is 32.0 Å². The quantitative estimate of drug-likeness (QED) is 0.842. The van der Waals surface area contributed by atoms with Crippen LogP contribution in [-0.2, 0) is 11.3 Å². The van der Waals surface area contributed by atoms with E-state index >= 15 is 0 Å². The first-order valence-electron chi connectivity index (χ1n) is 7.34. The van der Waals surface area contributed by atoms with Gasteiger partial charge in [0.05, 0.1) is 6.10 Å². The highest BCUT2D eigenvalue weighted by Gasteiger charge is 2.17. The number of nitrogens with zero attached hydrogens (tertiary/aromatic N) is 4. The van der Waals surface area contributed by atoms with Crippen LogP contribution < -0.4 is 0 Å². The van der Waals surface area contributed by atoms with E-state index in [1.165, 1.54) is 12.8 Å². The summed E-state index contributed by atoms with van der Waals surface area (Å²) in [7, 11) is 2.11. The van der Waals surface area contributed by atoms with Crippen LogP contribution in [0.1, 0.15) is 18.4 Å². The lowest BCUT2D eigenvalue weighted by molar-refractivity contribution is 0.0792. The highest BCUT2D eigenvalue weighted by Crippen LogP contribution is 2.14. The standard InChI is InChI=1S/C16H20N4O/c1-20(12-14-5-4-8-21-14)11-13-9-18-16(19-10-13)15-6-2-3-7-17-15/h2-3,6-7,9-10,14H,4-5,8,11-12H2,1H3. The minimum atomic E-state index is 0.378. The van der Waals surface area contributed by atoms with Gasteiger partial charge in [-0.25, -0.2) is 9.97 Å². The number of aromatic nitrogens is 3. The van der Waals surface area contributed by atoms with Gasteiger partial charge in [-0.2, -0.15) is 0 Å². The van der Waals surface area contributed by atoms with Gasteiger partial charge in [0.1, 0.15) is 5.69 Å². The van der Waals surface area contributed by atoms with Gasteiger partial charge in [-0.15, -0.1) is 0 Å². The van der Waals surface area contributed by atoms with Crippen molar-refractivity contribution in [1.29, 1.82) is 0 Å². The highest BCUT2D eigenvalue weighted by molar-refractivity contribution is 5.47. The van der Waals surface area contributed by atoms with E-state index in [0.29, 0.717) is 11.9 Å². The molecule has 0 bridgehead atoms. The zero-order valence-electron chi connectivity index (χ0n) is 12.3. The van der Waals surface area contributed by atoms with E-state index in [4.69, 9.17) is 4.74 Å². The number of ether oxygens (including phenoxy) is 1. The van der Waals surface area contributed by atoms with Crippen molar-refractivity contribution in [3.63, 3.8) is 0 Å². The molecule has 110 valence electrons. The number of rotatable bonds is 5. The lowest BCUT2D eigenvalue weighted by atomic mass is 10.2. The number of hydrogen-bond acceptors (Lipinski definition) is 5. The molecule has 2 aromatic rings. The maximum atomic E-state index is 5.66. The molecule has 0 aromatic carbocycles. The van der Waals surface area contributed by atoms with Crippen molar-refractivity contribution in [3.8, 4) is 11.5 Å². The molecule has 3 heterocycles. The second kappa shape index (κ2) is 6.74. The normalized spacial score (nSPS) is 18.3. The van der Waals surface area contributed by atoms with E-state index in [1.807, 2.05) is 30.6 Å². The molecule has 1 saturated heterocycles. The van der Waals surface area contributed by atoms with Crippen LogP contribution >= 0.6 is 0 Å². The third-order valence-electron chi connectivity index (χ3n) is 3.59. The molecular weight excluding hydrogens is 264 g/mol. The first kappa shape index (κ1) is 14.1. The monoisotopic (exact) mass is 284 g/mol. The molecule has 1 aliphatic rings. The smallest absolute Gasteiger partial charge is 0.178 e. The summed E-state index contributed by atoms with van der Waals surface area (Å²) >= 11 is 0. The molecule has 0 spiro atoms. The molecule has 0 amide bonds. The van der Waals surface area contributed by atoms with Crippen molar-refractivity contribution in [1.82, 2.24) is 19.9 Å². The maximum Gasteiger partial charge on any atom is 0.178 e. The van der Waals surface area contributed by atoms with E-state index in [9.17, 15) is 0 Å². The summed E-state index contributed by atoms with van der Waals surface area (Å²) in [5, 5.41) is 0. The summed E-state index contributed by atoms with van der Waals surface area (Å²) in [6.45, 7) is 2.70. The fraction of sp³-hybridized carbons (Fsp3) is 0.438. The molecule has 0 N–H and O–H groups in total. The highest BCUT2D eigenvalue weighted by atomic mass is 16.5. The molecule has 0 radical (unpaired) electrons. The van der Waals surface area contributed by atoms with E-state index in [2.05, 4.69) is 26.9 Å². The summed E-state index contributed by atoms with van der Waals surface area (Å²) in [5.41, 5.74) is 1.91. The predicted octanol–water partition coefficient (Wildman–Crippen LogP) is 2.15. The summed E-state index contributed by atoms with van der Waals surface area (Å²) < 4.78 is 5.66. The largest absolute Gasteiger partial charge is 0.377 e. The molecular formula is C16H20N4O. The van der Waals surface area contributed by atoms with E-state index in [0.717, 1.165) is 31.0 Å². The lowest BCUT2D eigenvalue weighted by Crippen LogP contribution is -2.28. The zero-order valence-corrected chi connectivity index (χ0v) is 12.3. The van der Waals surface area contributed by atoms with Gasteiger partial charge in [-0.1, -0.05) is 6.07 Å². The van der Waals surface area contributed by atoms with E-state index in [1.54, 1.807) is 6.20 Å². The fourth-order valence-corrected chi connectivity index (χ4v) is 2.58. The third-order valence-corrected chi connectivity index (χ3v) is 3.59. The van der Waals surface area contributed by atoms with E-state index in [-0.39, 0.29) is 0 Å². The minimum absolute atomic E-state index is 0.378. The Morgan fingerprint density at radius 2 is 2.10 bits per heavy atom. The molecule has 21 heavy (non-hydrogen) atoms. The molecule has 1 fully saturated rings. The number of likely N-dealkylation sites (N-methyl/N-ethyl adjacent to an activating group) is 1. The Morgan fingerprint density at radius 3 is 2.76 bits per heavy atom. The average Bonchev–Trinajstić information content (AvgIpc) is 3.02. The molecule has 1 aliphatic heterocycles. The topological polar surface area (TPSA) is 51.1 Å². The van der Waals surface area contributed by atoms with Crippen LogP contribution in [0.15, 0.2) is 36.8 Å².